The van der Waals surface area contributed by atoms with E-state index < -0.39 is 0 Å². The van der Waals surface area contributed by atoms with Crippen molar-refractivity contribution in [2.75, 3.05) is 18.5 Å². The van der Waals surface area contributed by atoms with Crippen LogP contribution in [0.15, 0.2) is 6.07 Å². The van der Waals surface area contributed by atoms with Gasteiger partial charge in [0.25, 0.3) is 0 Å². The molecule has 18 heavy (non-hydrogen) atoms. The summed E-state index contributed by atoms with van der Waals surface area (Å²) in [5.41, 5.74) is 7.05. The van der Waals surface area contributed by atoms with Crippen molar-refractivity contribution in [3.63, 3.8) is 0 Å². The third-order valence-corrected chi connectivity index (χ3v) is 3.39. The van der Waals surface area contributed by atoms with Gasteiger partial charge in [-0.3, -0.25) is 0 Å². The lowest BCUT2D eigenvalue weighted by Gasteiger charge is -2.34. The van der Waals surface area contributed by atoms with E-state index in [1.807, 2.05) is 18.9 Å². The van der Waals surface area contributed by atoms with Gasteiger partial charge in [-0.1, -0.05) is 12.2 Å². The number of hydrogen-bond acceptors (Lipinski definition) is 5. The predicted molar refractivity (Wildman–Crippen MR) is 74.7 cm³/mol. The molecule has 0 saturated heterocycles. The number of nitrogens with two attached hydrogens (primary N) is 1. The van der Waals surface area contributed by atoms with Crippen LogP contribution in [0.4, 0.5) is 5.95 Å². The van der Waals surface area contributed by atoms with Crippen LogP contribution in [-0.4, -0.2) is 39.8 Å². The first-order valence-corrected chi connectivity index (χ1v) is 6.41. The monoisotopic (exact) mass is 266 g/mol. The Kier molecular flexibility index (Phi) is 3.77. The van der Waals surface area contributed by atoms with E-state index in [9.17, 15) is 5.11 Å². The quantitative estimate of drug-likeness (QED) is 0.778. The smallest absolute Gasteiger partial charge is 0.225 e. The fraction of sp³-hybridized carbons (Fsp3) is 0.583. The second-order valence-electron chi connectivity index (χ2n) is 4.93. The van der Waals surface area contributed by atoms with Crippen LogP contribution in [0.5, 0.6) is 0 Å². The van der Waals surface area contributed by atoms with Gasteiger partial charge in [-0.25, -0.2) is 9.97 Å². The Bertz CT molecular complexity index is 459. The van der Waals surface area contributed by atoms with E-state index in [2.05, 4.69) is 9.97 Å². The first kappa shape index (κ1) is 13.2. The largest absolute Gasteiger partial charge is 0.393 e. The molecule has 0 bridgehead atoms. The molecule has 1 fully saturated rings. The minimum Gasteiger partial charge on any atom is -0.393 e. The van der Waals surface area contributed by atoms with Gasteiger partial charge in [0.05, 0.1) is 6.10 Å². The second kappa shape index (κ2) is 5.16. The third kappa shape index (κ3) is 2.94. The summed E-state index contributed by atoms with van der Waals surface area (Å²) >= 11 is 4.94. The zero-order valence-electron chi connectivity index (χ0n) is 10.6. The summed E-state index contributed by atoms with van der Waals surface area (Å²) in [5.74, 6) is 1.15. The molecule has 0 aromatic carbocycles. The van der Waals surface area contributed by atoms with Crippen LogP contribution in [0.2, 0.25) is 0 Å². The van der Waals surface area contributed by atoms with Crippen molar-refractivity contribution < 1.29 is 5.11 Å². The number of aliphatic hydroxyl groups excluding tert-OH is 1. The first-order chi connectivity index (χ1) is 8.45. The fourth-order valence-corrected chi connectivity index (χ4v) is 2.27. The summed E-state index contributed by atoms with van der Waals surface area (Å²) in [6, 6.07) is 1.78. The van der Waals surface area contributed by atoms with Crippen molar-refractivity contribution in [1.82, 2.24) is 9.97 Å². The summed E-state index contributed by atoms with van der Waals surface area (Å²) < 4.78 is 0. The van der Waals surface area contributed by atoms with Gasteiger partial charge in [0.15, 0.2) is 0 Å². The highest BCUT2D eigenvalue weighted by atomic mass is 32.1. The number of nitrogens with zero attached hydrogens (tertiary/aromatic N) is 3. The van der Waals surface area contributed by atoms with Gasteiger partial charge in [0.2, 0.25) is 5.95 Å². The molecule has 0 aliphatic heterocycles. The van der Waals surface area contributed by atoms with Gasteiger partial charge >= 0.3 is 0 Å². The number of anilines is 1. The van der Waals surface area contributed by atoms with Crippen LogP contribution in [0, 0.1) is 12.8 Å². The van der Waals surface area contributed by atoms with Crippen LogP contribution in [0.1, 0.15) is 24.2 Å². The molecule has 1 aromatic rings. The zero-order valence-corrected chi connectivity index (χ0v) is 11.4. The third-order valence-electron chi connectivity index (χ3n) is 3.18. The van der Waals surface area contributed by atoms with Crippen LogP contribution in [0.3, 0.4) is 0 Å². The molecular weight excluding hydrogens is 248 g/mol. The Morgan fingerprint density at radius 3 is 2.78 bits per heavy atom. The first-order valence-electron chi connectivity index (χ1n) is 6.00. The molecule has 1 aliphatic rings. The van der Waals surface area contributed by atoms with Gasteiger partial charge in [-0.15, -0.1) is 0 Å². The van der Waals surface area contributed by atoms with Gasteiger partial charge in [0, 0.05) is 19.3 Å². The molecular formula is C12H18N4OS. The summed E-state index contributed by atoms with van der Waals surface area (Å²) in [4.78, 5) is 11.0. The molecule has 0 unspecified atom stereocenters. The highest BCUT2D eigenvalue weighted by Gasteiger charge is 2.28. The molecule has 1 aromatic heterocycles. The van der Waals surface area contributed by atoms with Crippen molar-refractivity contribution in [2.45, 2.75) is 25.9 Å². The molecule has 0 radical (unpaired) electrons. The van der Waals surface area contributed by atoms with Crippen LogP contribution in [0.25, 0.3) is 0 Å². The number of thiocarbonyl (C=S) groups is 1. The average Bonchev–Trinajstić information content (AvgIpc) is 2.26. The van der Waals surface area contributed by atoms with E-state index >= 15 is 0 Å². The van der Waals surface area contributed by atoms with Crippen LogP contribution < -0.4 is 10.6 Å². The summed E-state index contributed by atoms with van der Waals surface area (Å²) in [6.07, 6.45) is 1.59. The lowest BCUT2D eigenvalue weighted by atomic mass is 9.82. The molecule has 1 aliphatic carbocycles. The Morgan fingerprint density at radius 1 is 1.56 bits per heavy atom. The lowest BCUT2D eigenvalue weighted by Crippen LogP contribution is -2.37. The van der Waals surface area contributed by atoms with E-state index in [1.165, 1.54) is 0 Å². The Morgan fingerprint density at radius 2 is 2.22 bits per heavy atom. The second-order valence-corrected chi connectivity index (χ2v) is 5.37. The Hall–Kier alpha value is -1.27. The van der Waals surface area contributed by atoms with Crippen molar-refractivity contribution in [3.8, 4) is 0 Å². The van der Waals surface area contributed by atoms with Gasteiger partial charge in [-0.2, -0.15) is 0 Å². The van der Waals surface area contributed by atoms with Gasteiger partial charge in [-0.05, 0) is 31.7 Å². The van der Waals surface area contributed by atoms with Crippen LogP contribution >= 0.6 is 12.2 Å². The SMILES string of the molecule is Cc1cc(C(N)=S)nc(N(C)CC2CC(O)C2)n1. The van der Waals surface area contributed by atoms with E-state index in [4.69, 9.17) is 18.0 Å². The molecule has 6 heteroatoms. The van der Waals surface area contributed by atoms with E-state index in [-0.39, 0.29) is 11.1 Å². The number of aromatic nitrogens is 2. The van der Waals surface area contributed by atoms with Gasteiger partial charge < -0.3 is 15.7 Å². The maximum absolute atomic E-state index is 9.28. The van der Waals surface area contributed by atoms with Crippen molar-refractivity contribution >= 4 is 23.2 Å². The molecule has 3 N–H and O–H groups in total. The Balaban J connectivity index is 2.09. The van der Waals surface area contributed by atoms with E-state index in [0.717, 1.165) is 25.1 Å². The molecule has 1 heterocycles. The molecule has 5 nitrogen and oxygen atoms in total. The summed E-state index contributed by atoms with van der Waals surface area (Å²) in [5, 5.41) is 9.28. The number of aliphatic hydroxyl groups is 1. The molecule has 0 spiro atoms. The number of rotatable bonds is 4. The summed E-state index contributed by atoms with van der Waals surface area (Å²) in [6.45, 7) is 2.74. The van der Waals surface area contributed by atoms with E-state index in [1.54, 1.807) is 6.07 Å². The number of hydrogen-bond donors (Lipinski definition) is 2. The molecule has 2 rings (SSSR count). The minimum atomic E-state index is -0.131. The topological polar surface area (TPSA) is 75.3 Å². The summed E-state index contributed by atoms with van der Waals surface area (Å²) in [7, 11) is 1.95. The van der Waals surface area contributed by atoms with Crippen molar-refractivity contribution in [2.24, 2.45) is 11.7 Å². The standard InChI is InChI=1S/C12H18N4OS/c1-7-3-10(11(13)18)15-12(14-7)16(2)6-8-4-9(17)5-8/h3,8-9,17H,4-6H2,1-2H3,(H2,13,18). The van der Waals surface area contributed by atoms with Crippen molar-refractivity contribution in [1.29, 1.82) is 0 Å². The van der Waals surface area contributed by atoms with E-state index in [0.29, 0.717) is 17.6 Å². The minimum absolute atomic E-state index is 0.131. The lowest BCUT2D eigenvalue weighted by molar-refractivity contribution is 0.0463. The fourth-order valence-electron chi connectivity index (χ4n) is 2.17. The van der Waals surface area contributed by atoms with Crippen molar-refractivity contribution in [3.05, 3.63) is 17.5 Å². The molecule has 0 atom stereocenters. The molecule has 98 valence electrons. The zero-order chi connectivity index (χ0) is 13.3. The average molecular weight is 266 g/mol. The molecule has 1 saturated carbocycles. The highest BCUT2D eigenvalue weighted by Crippen LogP contribution is 2.28. The number of aryl methyl sites for hydroxylation is 1. The Labute approximate surface area is 112 Å². The molecule has 0 amide bonds. The predicted octanol–water partition coefficient (Wildman–Crippen LogP) is 0.626. The highest BCUT2D eigenvalue weighted by molar-refractivity contribution is 7.80. The maximum atomic E-state index is 9.28. The van der Waals surface area contributed by atoms with Crippen LogP contribution in [-0.2, 0) is 0 Å². The maximum Gasteiger partial charge on any atom is 0.225 e. The normalized spacial score (nSPS) is 22.4. The van der Waals surface area contributed by atoms with Gasteiger partial charge in [0.1, 0.15) is 10.7 Å².